The van der Waals surface area contributed by atoms with Crippen molar-refractivity contribution < 1.29 is 14.3 Å². The minimum atomic E-state index is -0.154. The van der Waals surface area contributed by atoms with Crippen molar-refractivity contribution in [2.45, 2.75) is 26.1 Å². The molecule has 1 N–H and O–H groups in total. The number of carbonyl (C=O) groups excluding carboxylic acids is 1. The molecule has 0 aliphatic carbocycles. The summed E-state index contributed by atoms with van der Waals surface area (Å²) in [7, 11) is 3.41. The van der Waals surface area contributed by atoms with Crippen LogP contribution in [0.25, 0.3) is 0 Å². The molecule has 3 rings (SSSR count). The minimum Gasteiger partial charge on any atom is -0.490 e. The van der Waals surface area contributed by atoms with Crippen LogP contribution in [0.5, 0.6) is 11.5 Å². The van der Waals surface area contributed by atoms with E-state index in [9.17, 15) is 4.79 Å². The van der Waals surface area contributed by atoms with Crippen molar-refractivity contribution in [3.63, 3.8) is 0 Å². The molecule has 0 saturated carbocycles. The molecule has 1 unspecified atom stereocenters. The molecule has 2 aromatic rings. The van der Waals surface area contributed by atoms with Crippen LogP contribution in [0.3, 0.4) is 0 Å². The summed E-state index contributed by atoms with van der Waals surface area (Å²) < 4.78 is 11.5. The highest BCUT2D eigenvalue weighted by atomic mass is 16.5. The van der Waals surface area contributed by atoms with Gasteiger partial charge in [0.1, 0.15) is 24.2 Å². The normalized spacial score (nSPS) is 15.4. The maximum atomic E-state index is 11.6. The van der Waals surface area contributed by atoms with Gasteiger partial charge in [0.2, 0.25) is 0 Å². The second-order valence-corrected chi connectivity index (χ2v) is 6.21. The van der Waals surface area contributed by atoms with Crippen LogP contribution in [0, 0.1) is 0 Å². The predicted octanol–water partition coefficient (Wildman–Crippen LogP) is 3.68. The van der Waals surface area contributed by atoms with Gasteiger partial charge in [0.25, 0.3) is 0 Å². The van der Waals surface area contributed by atoms with Gasteiger partial charge < -0.3 is 19.7 Å². The van der Waals surface area contributed by atoms with Gasteiger partial charge in [-0.3, -0.25) is 0 Å². The predicted molar refractivity (Wildman–Crippen MR) is 93.7 cm³/mol. The zero-order valence-electron chi connectivity index (χ0n) is 14.2. The molecule has 0 fully saturated rings. The molecule has 1 aliphatic heterocycles. The highest BCUT2D eigenvalue weighted by Crippen LogP contribution is 2.29. The quantitative estimate of drug-likeness (QED) is 0.932. The topological polar surface area (TPSA) is 50.8 Å². The molecule has 126 valence electrons. The zero-order chi connectivity index (χ0) is 17.1. The number of nitrogens with one attached hydrogen (secondary N) is 1. The fourth-order valence-corrected chi connectivity index (χ4v) is 2.60. The number of nitrogens with zero attached hydrogens (tertiary/aromatic N) is 1. The molecular weight excluding hydrogens is 304 g/mol. The van der Waals surface area contributed by atoms with Gasteiger partial charge in [0, 0.05) is 26.2 Å². The monoisotopic (exact) mass is 326 g/mol. The summed E-state index contributed by atoms with van der Waals surface area (Å²) >= 11 is 0. The first-order chi connectivity index (χ1) is 11.5. The second-order valence-electron chi connectivity index (χ2n) is 6.21. The molecule has 5 nitrogen and oxygen atoms in total. The van der Waals surface area contributed by atoms with Gasteiger partial charge in [-0.15, -0.1) is 0 Å². The number of hydrogen-bond donors (Lipinski definition) is 1. The Bertz CT molecular complexity index is 726. The van der Waals surface area contributed by atoms with Crippen LogP contribution in [0.2, 0.25) is 0 Å². The Morgan fingerprint density at radius 3 is 2.71 bits per heavy atom. The lowest BCUT2D eigenvalue weighted by Gasteiger charge is -2.12. The van der Waals surface area contributed by atoms with Gasteiger partial charge in [0.05, 0.1) is 0 Å². The molecule has 2 aromatic carbocycles. The number of carbonyl (C=O) groups is 1. The average molecular weight is 326 g/mol. The Balaban J connectivity index is 1.57. The summed E-state index contributed by atoms with van der Waals surface area (Å²) in [6, 6.07) is 13.4. The smallest absolute Gasteiger partial charge is 0.321 e. The average Bonchev–Trinajstić information content (AvgIpc) is 2.93. The standard InChI is InChI=1S/C19H22N2O3/c1-13-10-15-11-14(4-9-18(15)24-13)12-23-17-7-5-16(6-8-17)20-19(22)21(2)3/h4-9,11,13H,10,12H2,1-3H3,(H,20,22). The Hall–Kier alpha value is -2.69. The van der Waals surface area contributed by atoms with Gasteiger partial charge in [-0.05, 0) is 54.4 Å². The molecule has 0 radical (unpaired) electrons. The first kappa shape index (κ1) is 16.2. The van der Waals surface area contributed by atoms with E-state index in [1.54, 1.807) is 14.1 Å². The van der Waals surface area contributed by atoms with Crippen molar-refractivity contribution >= 4 is 11.7 Å². The van der Waals surface area contributed by atoms with Crippen molar-refractivity contribution in [3.8, 4) is 11.5 Å². The molecule has 0 aromatic heterocycles. The van der Waals surface area contributed by atoms with Crippen LogP contribution in [-0.2, 0) is 13.0 Å². The second kappa shape index (κ2) is 6.83. The summed E-state index contributed by atoms with van der Waals surface area (Å²) in [5.41, 5.74) is 3.10. The third-order valence-corrected chi connectivity index (χ3v) is 3.88. The number of amides is 2. The number of fused-ring (bicyclic) bond motifs is 1. The third kappa shape index (κ3) is 3.79. The Morgan fingerprint density at radius 2 is 2.00 bits per heavy atom. The number of ether oxygens (including phenoxy) is 2. The number of urea groups is 1. The molecule has 1 heterocycles. The first-order valence-corrected chi connectivity index (χ1v) is 8.01. The number of benzene rings is 2. The third-order valence-electron chi connectivity index (χ3n) is 3.88. The van der Waals surface area contributed by atoms with Crippen molar-refractivity contribution in [1.29, 1.82) is 0 Å². The molecular formula is C19H22N2O3. The van der Waals surface area contributed by atoms with Gasteiger partial charge in [-0.1, -0.05) is 6.07 Å². The largest absolute Gasteiger partial charge is 0.490 e. The van der Waals surface area contributed by atoms with E-state index in [-0.39, 0.29) is 12.1 Å². The van der Waals surface area contributed by atoms with Crippen molar-refractivity contribution in [3.05, 3.63) is 53.6 Å². The van der Waals surface area contributed by atoms with E-state index in [1.165, 1.54) is 10.5 Å². The Labute approximate surface area is 142 Å². The summed E-state index contributed by atoms with van der Waals surface area (Å²) in [6.07, 6.45) is 1.20. The highest BCUT2D eigenvalue weighted by molar-refractivity contribution is 5.88. The lowest BCUT2D eigenvalue weighted by atomic mass is 10.1. The molecule has 5 heteroatoms. The fourth-order valence-electron chi connectivity index (χ4n) is 2.60. The first-order valence-electron chi connectivity index (χ1n) is 8.01. The Kier molecular flexibility index (Phi) is 4.60. The van der Waals surface area contributed by atoms with E-state index in [0.29, 0.717) is 6.61 Å². The number of rotatable bonds is 4. The van der Waals surface area contributed by atoms with E-state index in [0.717, 1.165) is 29.2 Å². The van der Waals surface area contributed by atoms with E-state index < -0.39 is 0 Å². The number of anilines is 1. The SMILES string of the molecule is CC1Cc2cc(COc3ccc(NC(=O)N(C)C)cc3)ccc2O1. The summed E-state index contributed by atoms with van der Waals surface area (Å²) in [5, 5.41) is 2.79. The molecule has 24 heavy (non-hydrogen) atoms. The van der Waals surface area contributed by atoms with Crippen LogP contribution in [0.4, 0.5) is 10.5 Å². The molecule has 2 amide bonds. The van der Waals surface area contributed by atoms with Crippen LogP contribution in [0.1, 0.15) is 18.1 Å². The van der Waals surface area contributed by atoms with Crippen LogP contribution >= 0.6 is 0 Å². The van der Waals surface area contributed by atoms with Crippen LogP contribution in [-0.4, -0.2) is 31.1 Å². The van der Waals surface area contributed by atoms with Gasteiger partial charge in [0.15, 0.2) is 0 Å². The van der Waals surface area contributed by atoms with Crippen molar-refractivity contribution in [1.82, 2.24) is 4.90 Å². The van der Waals surface area contributed by atoms with Gasteiger partial charge in [-0.25, -0.2) is 4.79 Å². The van der Waals surface area contributed by atoms with Gasteiger partial charge in [-0.2, -0.15) is 0 Å². The summed E-state index contributed by atoms with van der Waals surface area (Å²) in [5.74, 6) is 1.75. The molecule has 1 atom stereocenters. The number of hydrogen-bond acceptors (Lipinski definition) is 3. The van der Waals surface area contributed by atoms with Crippen molar-refractivity contribution in [2.24, 2.45) is 0 Å². The van der Waals surface area contributed by atoms with Crippen LogP contribution < -0.4 is 14.8 Å². The highest BCUT2D eigenvalue weighted by Gasteiger charge is 2.18. The van der Waals surface area contributed by atoms with E-state index in [4.69, 9.17) is 9.47 Å². The summed E-state index contributed by atoms with van der Waals surface area (Å²) in [4.78, 5) is 13.1. The zero-order valence-corrected chi connectivity index (χ0v) is 14.2. The van der Waals surface area contributed by atoms with Crippen LogP contribution in [0.15, 0.2) is 42.5 Å². The minimum absolute atomic E-state index is 0.154. The fraction of sp³-hybridized carbons (Fsp3) is 0.316. The van der Waals surface area contributed by atoms with E-state index in [1.807, 2.05) is 36.4 Å². The maximum Gasteiger partial charge on any atom is 0.321 e. The van der Waals surface area contributed by atoms with Gasteiger partial charge >= 0.3 is 6.03 Å². The lowest BCUT2D eigenvalue weighted by molar-refractivity contribution is 0.230. The molecule has 0 spiro atoms. The summed E-state index contributed by atoms with van der Waals surface area (Å²) in [6.45, 7) is 2.58. The lowest BCUT2D eigenvalue weighted by Crippen LogP contribution is -2.27. The van der Waals surface area contributed by atoms with E-state index >= 15 is 0 Å². The molecule has 0 saturated heterocycles. The van der Waals surface area contributed by atoms with E-state index in [2.05, 4.69) is 18.3 Å². The van der Waals surface area contributed by atoms with Crippen molar-refractivity contribution in [2.75, 3.05) is 19.4 Å². The molecule has 1 aliphatic rings. The maximum absolute atomic E-state index is 11.6. The molecule has 0 bridgehead atoms. The Morgan fingerprint density at radius 1 is 1.25 bits per heavy atom.